The Morgan fingerprint density at radius 2 is 1.71 bits per heavy atom. The zero-order chi connectivity index (χ0) is 24.1. The number of anilines is 1. The van der Waals surface area contributed by atoms with E-state index < -0.39 is 12.0 Å². The van der Waals surface area contributed by atoms with Crippen molar-refractivity contribution in [2.45, 2.75) is 19.9 Å². The van der Waals surface area contributed by atoms with Gasteiger partial charge in [-0.1, -0.05) is 29.8 Å². The molecule has 2 aliphatic heterocycles. The van der Waals surface area contributed by atoms with Crippen molar-refractivity contribution >= 4 is 17.7 Å². The lowest BCUT2D eigenvalue weighted by molar-refractivity contribution is -0.139. The largest absolute Gasteiger partial charge is 0.497 e. The summed E-state index contributed by atoms with van der Waals surface area (Å²) >= 11 is 0. The Labute approximate surface area is 200 Å². The third kappa shape index (κ3) is 5.34. The van der Waals surface area contributed by atoms with Crippen LogP contribution in [0.15, 0.2) is 59.8 Å². The molecule has 2 aromatic rings. The molecule has 1 fully saturated rings. The molecule has 4 rings (SSSR count). The number of rotatable bonds is 7. The monoisotopic (exact) mass is 464 g/mol. The lowest BCUT2D eigenvalue weighted by Crippen LogP contribution is -2.51. The van der Waals surface area contributed by atoms with Crippen LogP contribution < -0.4 is 20.3 Å². The first-order valence-electron chi connectivity index (χ1n) is 11.6. The van der Waals surface area contributed by atoms with Crippen LogP contribution in [0.2, 0.25) is 0 Å². The fourth-order valence-electron chi connectivity index (χ4n) is 4.38. The molecule has 1 saturated heterocycles. The average molecular weight is 465 g/mol. The van der Waals surface area contributed by atoms with Crippen LogP contribution >= 0.6 is 0 Å². The van der Waals surface area contributed by atoms with Crippen molar-refractivity contribution in [3.8, 4) is 5.75 Å². The molecular formula is C26H32N4O4. The van der Waals surface area contributed by atoms with Crippen LogP contribution in [0, 0.1) is 6.92 Å². The first-order chi connectivity index (χ1) is 16.5. The van der Waals surface area contributed by atoms with E-state index in [1.807, 2.05) is 43.3 Å². The van der Waals surface area contributed by atoms with Gasteiger partial charge in [0.05, 0.1) is 25.3 Å². The maximum Gasteiger partial charge on any atom is 0.338 e. The number of methoxy groups -OCH3 is 1. The minimum atomic E-state index is -0.552. The molecule has 1 atom stereocenters. The Balaban J connectivity index is 1.52. The van der Waals surface area contributed by atoms with E-state index in [9.17, 15) is 9.59 Å². The molecule has 2 heterocycles. The van der Waals surface area contributed by atoms with E-state index in [1.54, 1.807) is 14.0 Å². The Morgan fingerprint density at radius 1 is 1.03 bits per heavy atom. The molecule has 8 nitrogen and oxygen atoms in total. The van der Waals surface area contributed by atoms with Gasteiger partial charge in [-0.2, -0.15) is 0 Å². The van der Waals surface area contributed by atoms with Crippen molar-refractivity contribution < 1.29 is 19.1 Å². The van der Waals surface area contributed by atoms with Crippen molar-refractivity contribution in [2.75, 3.05) is 51.3 Å². The van der Waals surface area contributed by atoms with E-state index >= 15 is 0 Å². The highest BCUT2D eigenvalue weighted by molar-refractivity contribution is 5.95. The van der Waals surface area contributed by atoms with Crippen LogP contribution in [0.3, 0.4) is 0 Å². The molecule has 8 heteroatoms. The molecule has 0 radical (unpaired) electrons. The van der Waals surface area contributed by atoms with Crippen molar-refractivity contribution in [1.29, 1.82) is 0 Å². The Kier molecular flexibility index (Phi) is 7.37. The van der Waals surface area contributed by atoms with Crippen molar-refractivity contribution in [3.63, 3.8) is 0 Å². The van der Waals surface area contributed by atoms with E-state index in [2.05, 4.69) is 32.6 Å². The minimum absolute atomic E-state index is 0.269. The second-order valence-electron chi connectivity index (χ2n) is 8.52. The first kappa shape index (κ1) is 23.6. The van der Waals surface area contributed by atoms with Gasteiger partial charge in [-0.05, 0) is 43.7 Å². The molecule has 180 valence electrons. The standard InChI is InChI=1S/C26H32N4O4/c1-4-34-25(31)23-22(27-26(32)28-24(23)19-7-5-18(2)6-8-19)17-29-13-15-30(16-14-29)20-9-11-21(33-3)12-10-20/h5-12,24H,4,13-17H2,1-3H3,(H2,27,28,32)/t24-/m0/s1. The number of aryl methyl sites for hydroxylation is 1. The van der Waals surface area contributed by atoms with Crippen LogP contribution in [0.4, 0.5) is 10.5 Å². The summed E-state index contributed by atoms with van der Waals surface area (Å²) in [5.41, 5.74) is 4.18. The van der Waals surface area contributed by atoms with Gasteiger partial charge < -0.3 is 25.0 Å². The summed E-state index contributed by atoms with van der Waals surface area (Å²) in [6, 6.07) is 15.0. The SMILES string of the molecule is CCOC(=O)C1=C(CN2CCN(c3ccc(OC)cc3)CC2)NC(=O)N[C@H]1c1ccc(C)cc1. The molecule has 2 aromatic carbocycles. The highest BCUT2D eigenvalue weighted by Gasteiger charge is 2.34. The maximum absolute atomic E-state index is 13.0. The number of nitrogens with one attached hydrogen (secondary N) is 2. The van der Waals surface area contributed by atoms with Crippen molar-refractivity contribution in [3.05, 3.63) is 70.9 Å². The van der Waals surface area contributed by atoms with E-state index in [1.165, 1.54) is 0 Å². The van der Waals surface area contributed by atoms with Crippen molar-refractivity contribution in [1.82, 2.24) is 15.5 Å². The predicted molar refractivity (Wildman–Crippen MR) is 131 cm³/mol. The highest BCUT2D eigenvalue weighted by Crippen LogP contribution is 2.29. The molecular weight excluding hydrogens is 432 g/mol. The number of ether oxygens (including phenoxy) is 2. The first-order valence-corrected chi connectivity index (χ1v) is 11.6. The highest BCUT2D eigenvalue weighted by atomic mass is 16.5. The van der Waals surface area contributed by atoms with Crippen LogP contribution in [0.25, 0.3) is 0 Å². The number of urea groups is 1. The third-order valence-corrected chi connectivity index (χ3v) is 6.25. The second kappa shape index (κ2) is 10.6. The topological polar surface area (TPSA) is 83.1 Å². The molecule has 0 unspecified atom stereocenters. The number of amides is 2. The minimum Gasteiger partial charge on any atom is -0.497 e. The van der Waals surface area contributed by atoms with E-state index in [0.717, 1.165) is 48.7 Å². The third-order valence-electron chi connectivity index (χ3n) is 6.25. The van der Waals surface area contributed by atoms with E-state index in [0.29, 0.717) is 17.8 Å². The molecule has 0 aromatic heterocycles. The maximum atomic E-state index is 13.0. The number of carbonyl (C=O) groups excluding carboxylic acids is 2. The number of hydrogen-bond donors (Lipinski definition) is 2. The van der Waals surface area contributed by atoms with Gasteiger partial charge in [0.1, 0.15) is 5.75 Å². The second-order valence-corrected chi connectivity index (χ2v) is 8.52. The summed E-state index contributed by atoms with van der Waals surface area (Å²) in [6.07, 6.45) is 0. The molecule has 2 aliphatic rings. The molecule has 34 heavy (non-hydrogen) atoms. The molecule has 2 N–H and O–H groups in total. The summed E-state index contributed by atoms with van der Waals surface area (Å²) < 4.78 is 10.6. The lowest BCUT2D eigenvalue weighted by atomic mass is 9.94. The van der Waals surface area contributed by atoms with Gasteiger partial charge >= 0.3 is 12.0 Å². The number of carbonyl (C=O) groups is 2. The summed E-state index contributed by atoms with van der Waals surface area (Å²) in [6.45, 7) is 7.85. The number of piperazine rings is 1. The quantitative estimate of drug-likeness (QED) is 0.613. The number of esters is 1. The predicted octanol–water partition coefficient (Wildman–Crippen LogP) is 3.00. The fourth-order valence-corrected chi connectivity index (χ4v) is 4.38. The van der Waals surface area contributed by atoms with Gasteiger partial charge in [0.2, 0.25) is 0 Å². The van der Waals surface area contributed by atoms with Crippen LogP contribution in [0.5, 0.6) is 5.75 Å². The Hall–Kier alpha value is -3.52. The Bertz CT molecular complexity index is 1040. The van der Waals surface area contributed by atoms with Gasteiger partial charge in [0, 0.05) is 44.1 Å². The van der Waals surface area contributed by atoms with Crippen LogP contribution in [-0.4, -0.2) is 63.3 Å². The normalized spacial score (nSPS) is 18.9. The van der Waals surface area contributed by atoms with Crippen LogP contribution in [0.1, 0.15) is 24.1 Å². The number of nitrogens with zero attached hydrogens (tertiary/aromatic N) is 2. The molecule has 0 aliphatic carbocycles. The summed E-state index contributed by atoms with van der Waals surface area (Å²) in [7, 11) is 1.66. The summed E-state index contributed by atoms with van der Waals surface area (Å²) in [5.74, 6) is 0.429. The molecule has 0 bridgehead atoms. The molecule has 0 spiro atoms. The van der Waals surface area contributed by atoms with E-state index in [-0.39, 0.29) is 12.6 Å². The van der Waals surface area contributed by atoms with Gasteiger partial charge in [0.25, 0.3) is 0 Å². The smallest absolute Gasteiger partial charge is 0.338 e. The van der Waals surface area contributed by atoms with Gasteiger partial charge in [-0.15, -0.1) is 0 Å². The fraction of sp³-hybridized carbons (Fsp3) is 0.385. The molecule has 2 amide bonds. The zero-order valence-corrected chi connectivity index (χ0v) is 20.0. The number of hydrogen-bond acceptors (Lipinski definition) is 6. The van der Waals surface area contributed by atoms with Gasteiger partial charge in [-0.3, -0.25) is 4.90 Å². The summed E-state index contributed by atoms with van der Waals surface area (Å²) in [4.78, 5) is 30.1. The number of benzene rings is 2. The van der Waals surface area contributed by atoms with E-state index in [4.69, 9.17) is 9.47 Å². The zero-order valence-electron chi connectivity index (χ0n) is 20.0. The Morgan fingerprint density at radius 3 is 2.32 bits per heavy atom. The van der Waals surface area contributed by atoms with Crippen LogP contribution in [-0.2, 0) is 9.53 Å². The van der Waals surface area contributed by atoms with Gasteiger partial charge in [-0.25, -0.2) is 9.59 Å². The lowest BCUT2D eigenvalue weighted by Gasteiger charge is -2.38. The average Bonchev–Trinajstić information content (AvgIpc) is 2.85. The molecule has 0 saturated carbocycles. The van der Waals surface area contributed by atoms with Gasteiger partial charge in [0.15, 0.2) is 0 Å². The van der Waals surface area contributed by atoms with Crippen molar-refractivity contribution in [2.24, 2.45) is 0 Å². The summed E-state index contributed by atoms with van der Waals surface area (Å²) in [5, 5.41) is 5.78.